The number of benzene rings is 2. The molecule has 0 spiro atoms. The summed E-state index contributed by atoms with van der Waals surface area (Å²) < 4.78 is 56.8. The Labute approximate surface area is 148 Å². The second-order valence-corrected chi connectivity index (χ2v) is 7.49. The Hall–Kier alpha value is -2.19. The van der Waals surface area contributed by atoms with Crippen LogP contribution in [0.5, 0.6) is 5.75 Å². The van der Waals surface area contributed by atoms with E-state index in [2.05, 4.69) is 0 Å². The van der Waals surface area contributed by atoms with Gasteiger partial charge in [-0.2, -0.15) is 0 Å². The van der Waals surface area contributed by atoms with Crippen LogP contribution >= 0.6 is 11.6 Å². The smallest absolute Gasteiger partial charge is 0.267 e. The summed E-state index contributed by atoms with van der Waals surface area (Å²) in [5.74, 6) is -3.79. The van der Waals surface area contributed by atoms with Crippen LogP contribution in [-0.4, -0.2) is 20.6 Å². The highest BCUT2D eigenvalue weighted by Gasteiger charge is 2.19. The molecule has 5 nitrogen and oxygen atoms in total. The van der Waals surface area contributed by atoms with Crippen LogP contribution in [0.4, 0.5) is 8.78 Å². The van der Waals surface area contributed by atoms with E-state index in [-0.39, 0.29) is 6.61 Å². The van der Waals surface area contributed by atoms with Crippen molar-refractivity contribution in [2.24, 2.45) is 0 Å². The van der Waals surface area contributed by atoms with Crippen molar-refractivity contribution in [1.29, 1.82) is 0 Å². The summed E-state index contributed by atoms with van der Waals surface area (Å²) in [6.07, 6.45) is 0.726. The first-order chi connectivity index (χ1) is 11.6. The number of halogens is 3. The Morgan fingerprint density at radius 2 is 1.88 bits per heavy atom. The quantitative estimate of drug-likeness (QED) is 0.852. The zero-order valence-electron chi connectivity index (χ0n) is 13.3. The van der Waals surface area contributed by atoms with E-state index in [0.717, 1.165) is 11.8 Å². The van der Waals surface area contributed by atoms with Gasteiger partial charge in [0.1, 0.15) is 12.4 Å². The minimum Gasteiger partial charge on any atom is -0.486 e. The van der Waals surface area contributed by atoms with Crippen LogP contribution in [-0.2, 0) is 16.6 Å². The van der Waals surface area contributed by atoms with E-state index in [1.165, 1.54) is 0 Å². The SMILES string of the molecule is Cc1ccc(COc2cc(F)c(C(=O)NS(C)(=O)=O)cc2F)cc1Cl. The van der Waals surface area contributed by atoms with Gasteiger partial charge >= 0.3 is 0 Å². The molecule has 2 aromatic carbocycles. The number of carbonyl (C=O) groups excluding carboxylic acids is 1. The van der Waals surface area contributed by atoms with E-state index in [0.29, 0.717) is 22.7 Å². The zero-order chi connectivity index (χ0) is 18.8. The second kappa shape index (κ2) is 7.37. The summed E-state index contributed by atoms with van der Waals surface area (Å²) in [7, 11) is -3.90. The number of hydrogen-bond donors (Lipinski definition) is 1. The maximum atomic E-state index is 14.0. The van der Waals surface area contributed by atoms with Gasteiger partial charge in [0, 0.05) is 11.1 Å². The van der Waals surface area contributed by atoms with Gasteiger partial charge in [0.2, 0.25) is 10.0 Å². The molecule has 134 valence electrons. The second-order valence-electron chi connectivity index (χ2n) is 5.34. The Morgan fingerprint density at radius 1 is 1.20 bits per heavy atom. The number of sulfonamides is 1. The number of rotatable bonds is 5. The number of ether oxygens (including phenoxy) is 1. The lowest BCUT2D eigenvalue weighted by Crippen LogP contribution is -2.30. The fourth-order valence-corrected chi connectivity index (χ4v) is 2.57. The fraction of sp³-hybridized carbons (Fsp3) is 0.188. The van der Waals surface area contributed by atoms with Crippen molar-refractivity contribution < 1.29 is 26.7 Å². The first kappa shape index (κ1) is 19.1. The number of aryl methyl sites for hydroxylation is 1. The molecule has 2 aromatic rings. The summed E-state index contributed by atoms with van der Waals surface area (Å²) in [5, 5.41) is 0.514. The highest BCUT2D eigenvalue weighted by atomic mass is 35.5. The third-order valence-corrected chi connectivity index (χ3v) is 4.14. The van der Waals surface area contributed by atoms with Gasteiger partial charge in [-0.15, -0.1) is 0 Å². The highest BCUT2D eigenvalue weighted by Crippen LogP contribution is 2.24. The van der Waals surface area contributed by atoms with Crippen molar-refractivity contribution in [2.45, 2.75) is 13.5 Å². The Balaban J connectivity index is 2.19. The number of carbonyl (C=O) groups is 1. The van der Waals surface area contributed by atoms with Crippen molar-refractivity contribution in [3.05, 3.63) is 63.7 Å². The Kier molecular flexibility index (Phi) is 5.64. The summed E-state index contributed by atoms with van der Waals surface area (Å²) in [6, 6.07) is 6.38. The normalized spacial score (nSPS) is 11.2. The predicted octanol–water partition coefficient (Wildman–Crippen LogP) is 3.20. The lowest BCUT2D eigenvalue weighted by atomic mass is 10.1. The molecule has 1 amide bonds. The van der Waals surface area contributed by atoms with Gasteiger partial charge in [-0.3, -0.25) is 4.79 Å². The maximum Gasteiger partial charge on any atom is 0.267 e. The van der Waals surface area contributed by atoms with Gasteiger partial charge in [0.15, 0.2) is 11.6 Å². The summed E-state index contributed by atoms with van der Waals surface area (Å²) in [5.41, 5.74) is 0.770. The Morgan fingerprint density at radius 3 is 2.48 bits per heavy atom. The molecule has 0 saturated carbocycles. The molecule has 0 aliphatic heterocycles. The lowest BCUT2D eigenvalue weighted by Gasteiger charge is -2.10. The molecule has 0 fully saturated rings. The van der Waals surface area contributed by atoms with E-state index < -0.39 is 38.9 Å². The van der Waals surface area contributed by atoms with Crippen LogP contribution in [0.15, 0.2) is 30.3 Å². The van der Waals surface area contributed by atoms with E-state index in [9.17, 15) is 22.0 Å². The highest BCUT2D eigenvalue weighted by molar-refractivity contribution is 7.89. The minimum absolute atomic E-state index is 0.0642. The molecule has 0 unspecified atom stereocenters. The first-order valence-corrected chi connectivity index (χ1v) is 9.23. The number of nitrogens with one attached hydrogen (secondary N) is 1. The molecule has 0 atom stereocenters. The molecular weight excluding hydrogens is 376 g/mol. The van der Waals surface area contributed by atoms with Crippen LogP contribution in [0.1, 0.15) is 21.5 Å². The zero-order valence-corrected chi connectivity index (χ0v) is 14.8. The van der Waals surface area contributed by atoms with E-state index >= 15 is 0 Å². The molecule has 0 heterocycles. The van der Waals surface area contributed by atoms with Crippen LogP contribution in [0.3, 0.4) is 0 Å². The van der Waals surface area contributed by atoms with Crippen molar-refractivity contribution >= 4 is 27.5 Å². The standard InChI is InChI=1S/C16H14ClF2NO4S/c1-9-3-4-10(5-12(9)17)8-24-15-7-13(18)11(6-14(15)19)16(21)20-25(2,22)23/h3-7H,8H2,1-2H3,(H,20,21). The molecule has 2 rings (SSSR count). The molecule has 0 aliphatic rings. The first-order valence-electron chi connectivity index (χ1n) is 6.96. The summed E-state index contributed by atoms with van der Waals surface area (Å²) in [6.45, 7) is 1.76. The van der Waals surface area contributed by atoms with Crippen molar-refractivity contribution in [3.63, 3.8) is 0 Å². The van der Waals surface area contributed by atoms with Gasteiger partial charge < -0.3 is 4.74 Å². The molecule has 0 saturated heterocycles. The Bertz CT molecular complexity index is 932. The molecule has 25 heavy (non-hydrogen) atoms. The van der Waals surface area contributed by atoms with Crippen LogP contribution in [0.2, 0.25) is 5.02 Å². The number of amides is 1. The van der Waals surface area contributed by atoms with E-state index in [4.69, 9.17) is 16.3 Å². The molecule has 0 aromatic heterocycles. The van der Waals surface area contributed by atoms with Crippen LogP contribution in [0, 0.1) is 18.6 Å². The largest absolute Gasteiger partial charge is 0.486 e. The van der Waals surface area contributed by atoms with Crippen molar-refractivity contribution in [3.8, 4) is 5.75 Å². The average molecular weight is 390 g/mol. The van der Waals surface area contributed by atoms with Crippen LogP contribution in [0.25, 0.3) is 0 Å². The minimum atomic E-state index is -3.90. The third kappa shape index (κ3) is 5.14. The van der Waals surface area contributed by atoms with Crippen molar-refractivity contribution in [2.75, 3.05) is 6.26 Å². The fourth-order valence-electron chi connectivity index (χ4n) is 1.92. The van der Waals surface area contributed by atoms with Gasteiger partial charge in [-0.25, -0.2) is 21.9 Å². The molecule has 1 N–H and O–H groups in total. The topological polar surface area (TPSA) is 72.5 Å². The summed E-state index contributed by atoms with van der Waals surface area (Å²) in [4.78, 5) is 11.6. The monoisotopic (exact) mass is 389 g/mol. The average Bonchev–Trinajstić information content (AvgIpc) is 2.49. The third-order valence-electron chi connectivity index (χ3n) is 3.17. The summed E-state index contributed by atoms with van der Waals surface area (Å²) >= 11 is 5.98. The molecular formula is C16H14ClF2NO4S. The molecule has 0 radical (unpaired) electrons. The number of hydrogen-bond acceptors (Lipinski definition) is 4. The van der Waals surface area contributed by atoms with Gasteiger partial charge in [0.05, 0.1) is 11.8 Å². The van der Waals surface area contributed by atoms with Crippen LogP contribution < -0.4 is 9.46 Å². The van der Waals surface area contributed by atoms with E-state index in [1.54, 1.807) is 22.9 Å². The van der Waals surface area contributed by atoms with Gasteiger partial charge in [0.25, 0.3) is 5.91 Å². The molecule has 9 heteroatoms. The predicted molar refractivity (Wildman–Crippen MR) is 89.2 cm³/mol. The van der Waals surface area contributed by atoms with Gasteiger partial charge in [-0.1, -0.05) is 23.7 Å². The molecule has 0 aliphatic carbocycles. The van der Waals surface area contributed by atoms with Gasteiger partial charge in [-0.05, 0) is 30.2 Å². The maximum absolute atomic E-state index is 14.0. The lowest BCUT2D eigenvalue weighted by molar-refractivity contribution is 0.0977. The van der Waals surface area contributed by atoms with E-state index in [1.807, 2.05) is 6.92 Å². The molecule has 0 bridgehead atoms. The van der Waals surface area contributed by atoms with Crippen molar-refractivity contribution in [1.82, 2.24) is 4.72 Å².